The average Bonchev–Trinajstić information content (AvgIpc) is 2.84. The lowest BCUT2D eigenvalue weighted by atomic mass is 10.1. The molecule has 0 aliphatic rings. The Morgan fingerprint density at radius 2 is 2.32 bits per heavy atom. The maximum absolute atomic E-state index is 13.6. The Labute approximate surface area is 111 Å². The van der Waals surface area contributed by atoms with Gasteiger partial charge in [-0.2, -0.15) is 0 Å². The zero-order valence-electron chi connectivity index (χ0n) is 11.0. The van der Waals surface area contributed by atoms with Crippen LogP contribution in [0.2, 0.25) is 0 Å². The van der Waals surface area contributed by atoms with E-state index in [9.17, 15) is 4.39 Å². The Morgan fingerprint density at radius 1 is 1.47 bits per heavy atom. The second-order valence-electron chi connectivity index (χ2n) is 4.37. The number of halogens is 1. The minimum atomic E-state index is -0.353. The van der Waals surface area contributed by atoms with Crippen molar-refractivity contribution < 1.29 is 13.5 Å². The van der Waals surface area contributed by atoms with Crippen molar-refractivity contribution in [1.29, 1.82) is 0 Å². The summed E-state index contributed by atoms with van der Waals surface area (Å²) < 4.78 is 24.4. The van der Waals surface area contributed by atoms with Crippen LogP contribution in [0.3, 0.4) is 0 Å². The zero-order chi connectivity index (χ0) is 13.7. The fourth-order valence-electron chi connectivity index (χ4n) is 2.06. The molecule has 4 nitrogen and oxygen atoms in total. The zero-order valence-corrected chi connectivity index (χ0v) is 11.0. The molecule has 5 heteroatoms. The molecule has 19 heavy (non-hydrogen) atoms. The van der Waals surface area contributed by atoms with E-state index in [0.29, 0.717) is 19.0 Å². The quantitative estimate of drug-likeness (QED) is 0.459. The van der Waals surface area contributed by atoms with Gasteiger partial charge in [0, 0.05) is 18.6 Å². The van der Waals surface area contributed by atoms with E-state index < -0.39 is 0 Å². The molecule has 0 spiro atoms. The van der Waals surface area contributed by atoms with Gasteiger partial charge in [0.05, 0.1) is 6.04 Å². The van der Waals surface area contributed by atoms with Crippen LogP contribution in [0.4, 0.5) is 4.39 Å². The van der Waals surface area contributed by atoms with Crippen molar-refractivity contribution in [3.63, 3.8) is 0 Å². The molecule has 1 aromatic heterocycles. The van der Waals surface area contributed by atoms with Crippen LogP contribution in [0, 0.1) is 5.82 Å². The van der Waals surface area contributed by atoms with Gasteiger partial charge in [-0.05, 0) is 31.9 Å². The largest absolute Gasteiger partial charge is 0.456 e. The number of hydrogen-bond acceptors (Lipinski definition) is 4. The normalized spacial score (nSPS) is 13.0. The van der Waals surface area contributed by atoms with E-state index in [-0.39, 0.29) is 17.4 Å². The maximum Gasteiger partial charge on any atom is 0.169 e. The van der Waals surface area contributed by atoms with Crippen LogP contribution in [0.5, 0.6) is 0 Å². The molecule has 3 N–H and O–H groups in total. The molecule has 1 heterocycles. The van der Waals surface area contributed by atoms with Crippen molar-refractivity contribution in [3.05, 3.63) is 35.8 Å². The highest BCUT2D eigenvalue weighted by molar-refractivity contribution is 5.78. The van der Waals surface area contributed by atoms with E-state index >= 15 is 0 Å². The van der Waals surface area contributed by atoms with Gasteiger partial charge in [0.15, 0.2) is 11.4 Å². The number of ether oxygens (including phenoxy) is 1. The summed E-state index contributed by atoms with van der Waals surface area (Å²) in [5, 5.41) is 0.750. The van der Waals surface area contributed by atoms with Crippen molar-refractivity contribution in [2.45, 2.75) is 25.8 Å². The summed E-state index contributed by atoms with van der Waals surface area (Å²) >= 11 is 0. The number of para-hydroxylation sites is 1. The number of furan rings is 1. The van der Waals surface area contributed by atoms with E-state index in [1.807, 2.05) is 19.1 Å². The molecule has 2 rings (SSSR count). The molecule has 0 saturated carbocycles. The van der Waals surface area contributed by atoms with Crippen LogP contribution in [-0.4, -0.2) is 13.2 Å². The second-order valence-corrected chi connectivity index (χ2v) is 4.37. The van der Waals surface area contributed by atoms with Crippen molar-refractivity contribution >= 4 is 11.0 Å². The summed E-state index contributed by atoms with van der Waals surface area (Å²) in [6.07, 6.45) is 1.64. The fourth-order valence-corrected chi connectivity index (χ4v) is 2.06. The minimum absolute atomic E-state index is 0.132. The third-order valence-electron chi connectivity index (χ3n) is 3.05. The van der Waals surface area contributed by atoms with E-state index in [2.05, 4.69) is 5.43 Å². The first-order valence-electron chi connectivity index (χ1n) is 6.48. The van der Waals surface area contributed by atoms with Crippen molar-refractivity contribution in [1.82, 2.24) is 5.43 Å². The monoisotopic (exact) mass is 266 g/mol. The Bertz CT molecular complexity index is 527. The van der Waals surface area contributed by atoms with Crippen LogP contribution >= 0.6 is 0 Å². The van der Waals surface area contributed by atoms with Crippen LogP contribution in [0.15, 0.2) is 28.7 Å². The smallest absolute Gasteiger partial charge is 0.169 e. The standard InChI is InChI=1S/C14H19FN2O2/c1-2-18-8-4-7-12(17-16)13-9-10-5-3-6-11(15)14(10)19-13/h3,5-6,9,12,17H,2,4,7-8,16H2,1H3. The van der Waals surface area contributed by atoms with E-state index in [0.717, 1.165) is 18.2 Å². The molecule has 0 aliphatic heterocycles. The number of hydrazine groups is 1. The molecular formula is C14H19FN2O2. The first-order valence-corrected chi connectivity index (χ1v) is 6.48. The van der Waals surface area contributed by atoms with Crippen LogP contribution in [-0.2, 0) is 4.74 Å². The van der Waals surface area contributed by atoms with Gasteiger partial charge < -0.3 is 9.15 Å². The number of fused-ring (bicyclic) bond motifs is 1. The third kappa shape index (κ3) is 3.32. The van der Waals surface area contributed by atoms with Gasteiger partial charge in [-0.3, -0.25) is 5.84 Å². The van der Waals surface area contributed by atoms with Crippen LogP contribution in [0.1, 0.15) is 31.6 Å². The summed E-state index contributed by atoms with van der Waals surface area (Å²) in [6, 6.07) is 6.56. The molecule has 1 atom stereocenters. The Hall–Kier alpha value is -1.43. The molecule has 0 aliphatic carbocycles. The molecule has 104 valence electrons. The summed E-state index contributed by atoms with van der Waals surface area (Å²) in [7, 11) is 0. The highest BCUT2D eigenvalue weighted by Crippen LogP contribution is 2.27. The topological polar surface area (TPSA) is 60.4 Å². The van der Waals surface area contributed by atoms with Gasteiger partial charge in [0.25, 0.3) is 0 Å². The number of hydrogen-bond donors (Lipinski definition) is 2. The van der Waals surface area contributed by atoms with E-state index in [4.69, 9.17) is 15.0 Å². The van der Waals surface area contributed by atoms with Crippen molar-refractivity contribution in [3.8, 4) is 0 Å². The fraction of sp³-hybridized carbons (Fsp3) is 0.429. The van der Waals surface area contributed by atoms with Gasteiger partial charge in [-0.15, -0.1) is 0 Å². The molecule has 0 bridgehead atoms. The predicted molar refractivity (Wildman–Crippen MR) is 72.0 cm³/mol. The molecule has 0 fully saturated rings. The van der Waals surface area contributed by atoms with E-state index in [1.165, 1.54) is 6.07 Å². The molecule has 0 radical (unpaired) electrons. The van der Waals surface area contributed by atoms with Gasteiger partial charge in [0.1, 0.15) is 5.76 Å². The summed E-state index contributed by atoms with van der Waals surface area (Å²) in [6.45, 7) is 3.35. The third-order valence-corrected chi connectivity index (χ3v) is 3.05. The number of nitrogens with two attached hydrogens (primary N) is 1. The Kier molecular flexibility index (Phi) is 4.90. The average molecular weight is 266 g/mol. The molecule has 1 aromatic carbocycles. The molecule has 0 saturated heterocycles. The Morgan fingerprint density at radius 3 is 3.00 bits per heavy atom. The maximum atomic E-state index is 13.6. The van der Waals surface area contributed by atoms with E-state index in [1.54, 1.807) is 6.07 Å². The Balaban J connectivity index is 2.10. The lowest BCUT2D eigenvalue weighted by Gasteiger charge is -2.12. The lowest BCUT2D eigenvalue weighted by molar-refractivity contribution is 0.140. The first kappa shape index (κ1) is 14.0. The number of benzene rings is 1. The minimum Gasteiger partial charge on any atom is -0.456 e. The predicted octanol–water partition coefficient (Wildman–Crippen LogP) is 2.89. The van der Waals surface area contributed by atoms with Gasteiger partial charge >= 0.3 is 0 Å². The highest BCUT2D eigenvalue weighted by atomic mass is 19.1. The molecule has 2 aromatic rings. The summed E-state index contributed by atoms with van der Waals surface area (Å²) in [5.41, 5.74) is 2.98. The first-order chi connectivity index (χ1) is 9.26. The lowest BCUT2D eigenvalue weighted by Crippen LogP contribution is -2.27. The molecular weight excluding hydrogens is 247 g/mol. The van der Waals surface area contributed by atoms with Crippen molar-refractivity contribution in [2.24, 2.45) is 5.84 Å². The SMILES string of the molecule is CCOCCCC(NN)c1cc2cccc(F)c2o1. The number of nitrogens with one attached hydrogen (secondary N) is 1. The summed E-state index contributed by atoms with van der Waals surface area (Å²) in [5.74, 6) is 5.83. The van der Waals surface area contributed by atoms with Gasteiger partial charge in [0.2, 0.25) is 0 Å². The van der Waals surface area contributed by atoms with Crippen LogP contribution < -0.4 is 11.3 Å². The second kappa shape index (κ2) is 6.65. The highest BCUT2D eigenvalue weighted by Gasteiger charge is 2.16. The van der Waals surface area contributed by atoms with Gasteiger partial charge in [-0.1, -0.05) is 12.1 Å². The van der Waals surface area contributed by atoms with Gasteiger partial charge in [-0.25, -0.2) is 9.82 Å². The summed E-state index contributed by atoms with van der Waals surface area (Å²) in [4.78, 5) is 0. The van der Waals surface area contributed by atoms with Crippen molar-refractivity contribution in [2.75, 3.05) is 13.2 Å². The molecule has 1 unspecified atom stereocenters. The number of rotatable bonds is 7. The molecule has 0 amide bonds. The van der Waals surface area contributed by atoms with Crippen LogP contribution in [0.25, 0.3) is 11.0 Å².